The second kappa shape index (κ2) is 6.64. The van der Waals surface area contributed by atoms with Crippen molar-refractivity contribution >= 4 is 6.21 Å². The molecule has 3 heteroatoms. The van der Waals surface area contributed by atoms with Gasteiger partial charge in [-0.15, -0.1) is 0 Å². The van der Waals surface area contributed by atoms with Gasteiger partial charge in [0.2, 0.25) is 0 Å². The van der Waals surface area contributed by atoms with Gasteiger partial charge in [-0.1, -0.05) is 6.07 Å². The SMILES string of the molecule is CN(C)CCC/C=N\[C@H]1CCCc2cccnc21. The van der Waals surface area contributed by atoms with Crippen LogP contribution in [0.25, 0.3) is 0 Å². The van der Waals surface area contributed by atoms with Crippen molar-refractivity contribution in [3.05, 3.63) is 29.6 Å². The molecule has 0 fully saturated rings. The molecule has 0 amide bonds. The van der Waals surface area contributed by atoms with Crippen LogP contribution in [-0.4, -0.2) is 36.7 Å². The van der Waals surface area contributed by atoms with E-state index in [1.807, 2.05) is 12.3 Å². The molecule has 0 saturated heterocycles. The van der Waals surface area contributed by atoms with Gasteiger partial charge in [-0.25, -0.2) is 0 Å². The highest BCUT2D eigenvalue weighted by molar-refractivity contribution is 5.57. The maximum absolute atomic E-state index is 4.72. The molecule has 0 aromatic carbocycles. The Balaban J connectivity index is 1.89. The molecule has 98 valence electrons. The Labute approximate surface area is 110 Å². The minimum absolute atomic E-state index is 0.300. The van der Waals surface area contributed by atoms with Crippen LogP contribution in [0.2, 0.25) is 0 Å². The van der Waals surface area contributed by atoms with Gasteiger partial charge in [0.15, 0.2) is 0 Å². The summed E-state index contributed by atoms with van der Waals surface area (Å²) in [6.45, 7) is 1.13. The van der Waals surface area contributed by atoms with Crippen LogP contribution < -0.4 is 0 Å². The van der Waals surface area contributed by atoms with E-state index >= 15 is 0 Å². The second-order valence-electron chi connectivity index (χ2n) is 5.23. The fourth-order valence-electron chi connectivity index (χ4n) is 2.43. The van der Waals surface area contributed by atoms with E-state index < -0.39 is 0 Å². The lowest BCUT2D eigenvalue weighted by atomic mass is 9.92. The summed E-state index contributed by atoms with van der Waals surface area (Å²) in [5, 5.41) is 0. The van der Waals surface area contributed by atoms with Crippen molar-refractivity contribution in [3.8, 4) is 0 Å². The van der Waals surface area contributed by atoms with Gasteiger partial charge in [0.25, 0.3) is 0 Å². The van der Waals surface area contributed by atoms with Crippen molar-refractivity contribution in [1.29, 1.82) is 0 Å². The predicted octanol–water partition coefficient (Wildman–Crippen LogP) is 2.87. The van der Waals surface area contributed by atoms with Gasteiger partial charge in [-0.3, -0.25) is 9.98 Å². The number of pyridine rings is 1. The summed E-state index contributed by atoms with van der Waals surface area (Å²) in [7, 11) is 4.22. The second-order valence-corrected chi connectivity index (χ2v) is 5.23. The standard InChI is InChI=1S/C15H23N3/c1-18(2)12-4-3-10-16-14-9-5-7-13-8-6-11-17-15(13)14/h6,8,10-11,14H,3-5,7,9,12H2,1-2H3/b16-10-/t14-/m0/s1. The van der Waals surface area contributed by atoms with Crippen molar-refractivity contribution < 1.29 is 0 Å². The van der Waals surface area contributed by atoms with Crippen molar-refractivity contribution in [2.24, 2.45) is 4.99 Å². The Bertz CT molecular complexity index is 398. The first-order valence-corrected chi connectivity index (χ1v) is 6.87. The van der Waals surface area contributed by atoms with E-state index in [1.54, 1.807) is 0 Å². The highest BCUT2D eigenvalue weighted by Gasteiger charge is 2.19. The van der Waals surface area contributed by atoms with Crippen LogP contribution >= 0.6 is 0 Å². The highest BCUT2D eigenvalue weighted by atomic mass is 15.0. The summed E-state index contributed by atoms with van der Waals surface area (Å²) in [5.41, 5.74) is 2.59. The third kappa shape index (κ3) is 3.64. The highest BCUT2D eigenvalue weighted by Crippen LogP contribution is 2.30. The number of nitrogens with zero attached hydrogens (tertiary/aromatic N) is 3. The quantitative estimate of drug-likeness (QED) is 0.589. The molecule has 1 atom stereocenters. The average Bonchev–Trinajstić information content (AvgIpc) is 2.38. The Kier molecular flexibility index (Phi) is 4.88. The first kappa shape index (κ1) is 13.2. The molecule has 0 unspecified atom stereocenters. The molecule has 0 N–H and O–H groups in total. The molecule has 1 aromatic rings. The normalized spacial score (nSPS) is 19.4. The molecule has 0 aliphatic heterocycles. The Hall–Kier alpha value is -1.22. The molecular weight excluding hydrogens is 222 g/mol. The summed E-state index contributed by atoms with van der Waals surface area (Å²) < 4.78 is 0. The zero-order chi connectivity index (χ0) is 12.8. The molecule has 0 spiro atoms. The van der Waals surface area contributed by atoms with E-state index in [1.165, 1.54) is 24.1 Å². The third-order valence-corrected chi connectivity index (χ3v) is 3.39. The summed E-state index contributed by atoms with van der Waals surface area (Å²) in [4.78, 5) is 11.4. The molecule has 1 aliphatic carbocycles. The summed E-state index contributed by atoms with van der Waals surface area (Å²) >= 11 is 0. The summed E-state index contributed by atoms with van der Waals surface area (Å²) in [5.74, 6) is 0. The van der Waals surface area contributed by atoms with Crippen LogP contribution in [0, 0.1) is 0 Å². The first-order valence-electron chi connectivity index (χ1n) is 6.87. The van der Waals surface area contributed by atoms with Crippen LogP contribution in [0.1, 0.15) is 43.0 Å². The molecule has 18 heavy (non-hydrogen) atoms. The van der Waals surface area contributed by atoms with Crippen LogP contribution in [0.3, 0.4) is 0 Å². The van der Waals surface area contributed by atoms with Gasteiger partial charge in [-0.2, -0.15) is 0 Å². The van der Waals surface area contributed by atoms with Gasteiger partial charge in [-0.05, 0) is 70.6 Å². The van der Waals surface area contributed by atoms with Gasteiger partial charge < -0.3 is 4.90 Å². The fraction of sp³-hybridized carbons (Fsp3) is 0.600. The van der Waals surface area contributed by atoms with Crippen LogP contribution in [0.15, 0.2) is 23.3 Å². The third-order valence-electron chi connectivity index (χ3n) is 3.39. The lowest BCUT2D eigenvalue weighted by molar-refractivity contribution is 0.404. The average molecular weight is 245 g/mol. The van der Waals surface area contributed by atoms with E-state index in [0.717, 1.165) is 25.8 Å². The molecule has 1 aliphatic rings. The van der Waals surface area contributed by atoms with E-state index in [9.17, 15) is 0 Å². The van der Waals surface area contributed by atoms with E-state index in [0.29, 0.717) is 6.04 Å². The number of fused-ring (bicyclic) bond motifs is 1. The molecule has 1 aromatic heterocycles. The number of unbranched alkanes of at least 4 members (excludes halogenated alkanes) is 1. The number of hydrogen-bond donors (Lipinski definition) is 0. The Morgan fingerprint density at radius 1 is 1.50 bits per heavy atom. The van der Waals surface area contributed by atoms with E-state index in [4.69, 9.17) is 4.99 Å². The maximum Gasteiger partial charge on any atom is 0.0918 e. The topological polar surface area (TPSA) is 28.5 Å². The molecule has 3 nitrogen and oxygen atoms in total. The summed E-state index contributed by atoms with van der Waals surface area (Å²) in [6.07, 6.45) is 9.77. The van der Waals surface area contributed by atoms with Crippen LogP contribution in [-0.2, 0) is 6.42 Å². The van der Waals surface area contributed by atoms with Crippen molar-refractivity contribution in [1.82, 2.24) is 9.88 Å². The van der Waals surface area contributed by atoms with Crippen LogP contribution in [0.4, 0.5) is 0 Å². The number of aromatic nitrogens is 1. The molecule has 0 bridgehead atoms. The zero-order valence-electron chi connectivity index (χ0n) is 11.5. The monoisotopic (exact) mass is 245 g/mol. The first-order chi connectivity index (χ1) is 8.77. The van der Waals surface area contributed by atoms with Crippen molar-refractivity contribution in [2.45, 2.75) is 38.1 Å². The van der Waals surface area contributed by atoms with Gasteiger partial charge in [0.05, 0.1) is 11.7 Å². The van der Waals surface area contributed by atoms with Gasteiger partial charge >= 0.3 is 0 Å². The Morgan fingerprint density at radius 2 is 2.39 bits per heavy atom. The van der Waals surface area contributed by atoms with Crippen molar-refractivity contribution in [3.63, 3.8) is 0 Å². The largest absolute Gasteiger partial charge is 0.309 e. The summed E-state index contributed by atoms with van der Waals surface area (Å²) in [6, 6.07) is 4.52. The van der Waals surface area contributed by atoms with Crippen LogP contribution in [0.5, 0.6) is 0 Å². The van der Waals surface area contributed by atoms with E-state index in [-0.39, 0.29) is 0 Å². The van der Waals surface area contributed by atoms with Gasteiger partial charge in [0, 0.05) is 6.20 Å². The maximum atomic E-state index is 4.72. The van der Waals surface area contributed by atoms with Gasteiger partial charge in [0.1, 0.15) is 0 Å². The molecular formula is C15H23N3. The predicted molar refractivity (Wildman–Crippen MR) is 76.2 cm³/mol. The van der Waals surface area contributed by atoms with Crippen molar-refractivity contribution in [2.75, 3.05) is 20.6 Å². The molecule has 0 radical (unpaired) electrons. The number of aryl methyl sites for hydroxylation is 1. The van der Waals surface area contributed by atoms with E-state index in [2.05, 4.69) is 36.3 Å². The lowest BCUT2D eigenvalue weighted by Gasteiger charge is -2.20. The number of rotatable bonds is 5. The lowest BCUT2D eigenvalue weighted by Crippen LogP contribution is -2.13. The molecule has 2 rings (SSSR count). The minimum atomic E-state index is 0.300. The number of hydrogen-bond acceptors (Lipinski definition) is 3. The fourth-order valence-corrected chi connectivity index (χ4v) is 2.43. The number of aliphatic imine (C=N–C) groups is 1. The minimum Gasteiger partial charge on any atom is -0.309 e. The molecule has 1 heterocycles. The smallest absolute Gasteiger partial charge is 0.0918 e. The zero-order valence-corrected chi connectivity index (χ0v) is 11.5. The Morgan fingerprint density at radius 3 is 3.22 bits per heavy atom. The molecule has 0 saturated carbocycles.